The van der Waals surface area contributed by atoms with E-state index < -0.39 is 0 Å². The van der Waals surface area contributed by atoms with Gasteiger partial charge in [0.15, 0.2) is 0 Å². The fourth-order valence-corrected chi connectivity index (χ4v) is 2.44. The number of hydrogen-bond acceptors (Lipinski definition) is 4. The van der Waals surface area contributed by atoms with Gasteiger partial charge in [-0.2, -0.15) is 0 Å². The molecule has 0 spiro atoms. The Bertz CT molecular complexity index is 361. The van der Waals surface area contributed by atoms with Crippen LogP contribution in [-0.2, 0) is 17.8 Å². The second-order valence-corrected chi connectivity index (χ2v) is 5.50. The fraction of sp³-hybridized carbons (Fsp3) is 0.692. The Morgan fingerprint density at radius 1 is 1.30 bits per heavy atom. The minimum atomic E-state index is 0. The van der Waals surface area contributed by atoms with Gasteiger partial charge in [0, 0.05) is 17.5 Å². The topological polar surface area (TPSA) is 68.0 Å². The average molecular weight is 342 g/mol. The number of aryl methyl sites for hydroxylation is 1. The minimum Gasteiger partial charge on any atom is -0.350 e. The average Bonchev–Trinajstić information content (AvgIpc) is 2.84. The Balaban J connectivity index is 0. The lowest BCUT2D eigenvalue weighted by Crippen LogP contribution is -2.22. The van der Waals surface area contributed by atoms with Gasteiger partial charge in [0.2, 0.25) is 5.91 Å². The van der Waals surface area contributed by atoms with Crippen LogP contribution in [0.15, 0.2) is 6.20 Å². The molecule has 3 N–H and O–H groups in total. The Morgan fingerprint density at radius 2 is 2.00 bits per heavy atom. The zero-order valence-electron chi connectivity index (χ0n) is 11.9. The monoisotopic (exact) mass is 341 g/mol. The molecule has 1 aromatic heterocycles. The van der Waals surface area contributed by atoms with Crippen LogP contribution in [0.4, 0.5) is 0 Å². The van der Waals surface area contributed by atoms with Crippen molar-refractivity contribution in [1.82, 2.24) is 10.3 Å². The van der Waals surface area contributed by atoms with Crippen molar-refractivity contribution in [1.29, 1.82) is 0 Å². The zero-order valence-corrected chi connectivity index (χ0v) is 14.3. The minimum absolute atomic E-state index is 0. The summed E-state index contributed by atoms with van der Waals surface area (Å²) in [6.07, 6.45) is 7.71. The fourth-order valence-electron chi connectivity index (χ4n) is 1.64. The number of thiazole rings is 1. The van der Waals surface area contributed by atoms with E-state index in [2.05, 4.69) is 17.2 Å². The molecule has 0 atom stereocenters. The van der Waals surface area contributed by atoms with Crippen LogP contribution >= 0.6 is 36.2 Å². The van der Waals surface area contributed by atoms with Crippen LogP contribution in [0, 0.1) is 0 Å². The van der Waals surface area contributed by atoms with Crippen molar-refractivity contribution < 1.29 is 4.79 Å². The number of nitrogens with two attached hydrogens (primary N) is 1. The first-order valence-corrected chi connectivity index (χ1v) is 7.48. The molecule has 7 heteroatoms. The van der Waals surface area contributed by atoms with Crippen LogP contribution in [0.5, 0.6) is 0 Å². The molecule has 0 aliphatic rings. The largest absolute Gasteiger partial charge is 0.350 e. The number of amides is 1. The molecule has 0 saturated heterocycles. The highest BCUT2D eigenvalue weighted by atomic mass is 35.5. The smallest absolute Gasteiger partial charge is 0.220 e. The molecule has 0 aromatic carbocycles. The number of nitrogens with one attached hydrogen (secondary N) is 1. The molecule has 20 heavy (non-hydrogen) atoms. The van der Waals surface area contributed by atoms with E-state index in [0.29, 0.717) is 13.0 Å². The van der Waals surface area contributed by atoms with Crippen molar-refractivity contribution >= 4 is 42.1 Å². The second-order valence-electron chi connectivity index (χ2n) is 4.30. The molecule has 0 aliphatic heterocycles. The predicted molar refractivity (Wildman–Crippen MR) is 90.0 cm³/mol. The molecule has 0 aliphatic carbocycles. The van der Waals surface area contributed by atoms with Crippen molar-refractivity contribution in [3.8, 4) is 0 Å². The summed E-state index contributed by atoms with van der Waals surface area (Å²) >= 11 is 1.67. The van der Waals surface area contributed by atoms with E-state index in [4.69, 9.17) is 5.73 Å². The van der Waals surface area contributed by atoms with Gasteiger partial charge in [-0.15, -0.1) is 36.2 Å². The summed E-state index contributed by atoms with van der Waals surface area (Å²) in [5.41, 5.74) is 5.41. The third kappa shape index (κ3) is 9.53. The molecule has 1 rings (SSSR count). The van der Waals surface area contributed by atoms with Crippen LogP contribution in [0.3, 0.4) is 0 Å². The number of unbranched alkanes of at least 4 members (excludes halogenated alkanes) is 3. The normalized spacial score (nSPS) is 9.50. The standard InChI is InChI=1S/C13H23N3OS.2ClH/c1-2-11-9-16-13(18-11)10-15-12(17)7-5-3-4-6-8-14;;/h9H,2-8,10,14H2,1H3,(H,15,17);2*1H. The van der Waals surface area contributed by atoms with Gasteiger partial charge >= 0.3 is 0 Å². The van der Waals surface area contributed by atoms with E-state index in [9.17, 15) is 4.79 Å². The predicted octanol–water partition coefficient (Wildman–Crippen LogP) is 3.07. The summed E-state index contributed by atoms with van der Waals surface area (Å²) in [7, 11) is 0. The van der Waals surface area contributed by atoms with Crippen molar-refractivity contribution in [2.24, 2.45) is 5.73 Å². The molecule has 0 radical (unpaired) electrons. The van der Waals surface area contributed by atoms with Gasteiger partial charge in [0.25, 0.3) is 0 Å². The first-order chi connectivity index (χ1) is 8.76. The number of halogens is 2. The number of carbonyl (C=O) groups excluding carboxylic acids is 1. The van der Waals surface area contributed by atoms with Crippen LogP contribution < -0.4 is 11.1 Å². The van der Waals surface area contributed by atoms with Crippen LogP contribution in [0.2, 0.25) is 0 Å². The van der Waals surface area contributed by atoms with E-state index in [-0.39, 0.29) is 30.7 Å². The molecule has 1 amide bonds. The lowest BCUT2D eigenvalue weighted by Gasteiger charge is -2.03. The molecule has 118 valence electrons. The van der Waals surface area contributed by atoms with E-state index in [1.54, 1.807) is 11.3 Å². The summed E-state index contributed by atoms with van der Waals surface area (Å²) in [4.78, 5) is 17.1. The first-order valence-electron chi connectivity index (χ1n) is 6.66. The highest BCUT2D eigenvalue weighted by molar-refractivity contribution is 7.11. The maximum Gasteiger partial charge on any atom is 0.220 e. The maximum atomic E-state index is 11.6. The first kappa shape index (κ1) is 21.9. The van der Waals surface area contributed by atoms with Gasteiger partial charge in [0.1, 0.15) is 5.01 Å². The summed E-state index contributed by atoms with van der Waals surface area (Å²) in [5.74, 6) is 0.121. The number of nitrogens with zero attached hydrogens (tertiary/aromatic N) is 1. The Kier molecular flexibility index (Phi) is 14.9. The van der Waals surface area contributed by atoms with Crippen molar-refractivity contribution in [2.75, 3.05) is 6.54 Å². The summed E-state index contributed by atoms with van der Waals surface area (Å²) < 4.78 is 0. The van der Waals surface area contributed by atoms with Crippen molar-refractivity contribution in [3.63, 3.8) is 0 Å². The number of hydrogen-bond donors (Lipinski definition) is 2. The number of aromatic nitrogens is 1. The van der Waals surface area contributed by atoms with Crippen LogP contribution in [-0.4, -0.2) is 17.4 Å². The Labute approximate surface area is 137 Å². The van der Waals surface area contributed by atoms with Crippen molar-refractivity contribution in [2.45, 2.75) is 52.0 Å². The Morgan fingerprint density at radius 3 is 2.60 bits per heavy atom. The van der Waals surface area contributed by atoms with Gasteiger partial charge in [-0.05, 0) is 25.8 Å². The lowest BCUT2D eigenvalue weighted by atomic mass is 10.1. The molecule has 4 nitrogen and oxygen atoms in total. The van der Waals surface area contributed by atoms with Gasteiger partial charge in [-0.1, -0.05) is 19.8 Å². The van der Waals surface area contributed by atoms with Gasteiger partial charge < -0.3 is 11.1 Å². The van der Waals surface area contributed by atoms with Gasteiger partial charge in [-0.3, -0.25) is 4.79 Å². The highest BCUT2D eigenvalue weighted by Crippen LogP contribution is 2.12. The molecule has 1 heterocycles. The molecule has 0 bridgehead atoms. The molecule has 0 fully saturated rings. The molecule has 1 aromatic rings. The maximum absolute atomic E-state index is 11.6. The van der Waals surface area contributed by atoms with E-state index in [0.717, 1.165) is 43.7 Å². The van der Waals surface area contributed by atoms with Crippen molar-refractivity contribution in [3.05, 3.63) is 16.1 Å². The molecule has 0 unspecified atom stereocenters. The van der Waals surface area contributed by atoms with Gasteiger partial charge in [-0.25, -0.2) is 4.98 Å². The molecular formula is C13H25Cl2N3OS. The van der Waals surface area contributed by atoms with Crippen LogP contribution in [0.25, 0.3) is 0 Å². The molecule has 0 saturated carbocycles. The lowest BCUT2D eigenvalue weighted by molar-refractivity contribution is -0.121. The second kappa shape index (κ2) is 13.6. The van der Waals surface area contributed by atoms with Gasteiger partial charge in [0.05, 0.1) is 6.54 Å². The third-order valence-electron chi connectivity index (χ3n) is 2.74. The number of carbonyl (C=O) groups is 1. The van der Waals surface area contributed by atoms with E-state index in [1.165, 1.54) is 4.88 Å². The summed E-state index contributed by atoms with van der Waals surface area (Å²) in [5, 5.41) is 3.90. The van der Waals surface area contributed by atoms with E-state index >= 15 is 0 Å². The highest BCUT2D eigenvalue weighted by Gasteiger charge is 2.04. The Hall–Kier alpha value is -0.360. The van der Waals surface area contributed by atoms with E-state index in [1.807, 2.05) is 6.20 Å². The quantitative estimate of drug-likeness (QED) is 0.678. The summed E-state index contributed by atoms with van der Waals surface area (Å²) in [6, 6.07) is 0. The SMILES string of the molecule is CCc1cnc(CNC(=O)CCCCCCN)s1.Cl.Cl. The summed E-state index contributed by atoms with van der Waals surface area (Å²) in [6.45, 7) is 3.42. The molecular weight excluding hydrogens is 317 g/mol. The van der Waals surface area contributed by atoms with Crippen LogP contribution in [0.1, 0.15) is 48.9 Å². The number of rotatable bonds is 9. The third-order valence-corrected chi connectivity index (χ3v) is 3.89. The zero-order chi connectivity index (χ0) is 13.2.